The quantitative estimate of drug-likeness (QED) is 0.853. The highest BCUT2D eigenvalue weighted by molar-refractivity contribution is 7.12. The lowest BCUT2D eigenvalue weighted by atomic mass is 9.93. The van der Waals surface area contributed by atoms with Gasteiger partial charge in [0.25, 0.3) is 5.91 Å². The molecule has 1 fully saturated rings. The minimum absolute atomic E-state index is 0.0808. The Morgan fingerprint density at radius 2 is 2.12 bits per heavy atom. The molecule has 7 heteroatoms. The van der Waals surface area contributed by atoms with Gasteiger partial charge >= 0.3 is 0 Å². The highest BCUT2D eigenvalue weighted by Crippen LogP contribution is 2.40. The SMILES string of the molecule is O=C(c1scc2c1OCCO2)N1CCC(CCn2cccn2)CC1. The summed E-state index contributed by atoms with van der Waals surface area (Å²) in [5.41, 5.74) is 0. The molecule has 2 aliphatic heterocycles. The van der Waals surface area contributed by atoms with Gasteiger partial charge in [-0.2, -0.15) is 5.10 Å². The minimum atomic E-state index is 0.0808. The van der Waals surface area contributed by atoms with Crippen molar-refractivity contribution in [2.45, 2.75) is 25.8 Å². The van der Waals surface area contributed by atoms with E-state index in [1.54, 1.807) is 0 Å². The second-order valence-electron chi connectivity index (χ2n) is 6.25. The van der Waals surface area contributed by atoms with E-state index in [2.05, 4.69) is 5.10 Å². The Labute approximate surface area is 145 Å². The van der Waals surface area contributed by atoms with Crippen molar-refractivity contribution in [2.75, 3.05) is 26.3 Å². The van der Waals surface area contributed by atoms with Crippen LogP contribution in [0, 0.1) is 5.92 Å². The summed E-state index contributed by atoms with van der Waals surface area (Å²) in [7, 11) is 0. The first-order valence-electron chi connectivity index (χ1n) is 8.45. The minimum Gasteiger partial charge on any atom is -0.485 e. The standard InChI is InChI=1S/C17H21N3O3S/c21-17(16-15-14(12-24-16)22-10-11-23-15)19-7-2-13(3-8-19)4-9-20-6-1-5-18-20/h1,5-6,12-13H,2-4,7-11H2. The fourth-order valence-electron chi connectivity index (χ4n) is 3.33. The predicted octanol–water partition coefficient (Wildman–Crippen LogP) is 2.66. The van der Waals surface area contributed by atoms with Gasteiger partial charge in [0.1, 0.15) is 18.1 Å². The second-order valence-corrected chi connectivity index (χ2v) is 7.13. The molecule has 2 aromatic heterocycles. The molecule has 1 amide bonds. The van der Waals surface area contributed by atoms with Gasteiger partial charge in [-0.05, 0) is 31.2 Å². The molecule has 1 saturated heterocycles. The topological polar surface area (TPSA) is 56.6 Å². The lowest BCUT2D eigenvalue weighted by Gasteiger charge is -2.32. The van der Waals surface area contributed by atoms with E-state index in [1.165, 1.54) is 11.3 Å². The molecule has 0 N–H and O–H groups in total. The summed E-state index contributed by atoms with van der Waals surface area (Å²) in [6, 6.07) is 1.95. The van der Waals surface area contributed by atoms with Crippen LogP contribution in [0.1, 0.15) is 28.9 Å². The van der Waals surface area contributed by atoms with Crippen LogP contribution in [0.4, 0.5) is 0 Å². The number of nitrogens with zero attached hydrogens (tertiary/aromatic N) is 3. The summed E-state index contributed by atoms with van der Waals surface area (Å²) < 4.78 is 13.1. The van der Waals surface area contributed by atoms with Crippen molar-refractivity contribution in [1.29, 1.82) is 0 Å². The summed E-state index contributed by atoms with van der Waals surface area (Å²) in [6.07, 6.45) is 7.04. The largest absolute Gasteiger partial charge is 0.485 e. The Morgan fingerprint density at radius 3 is 2.92 bits per heavy atom. The molecule has 0 aliphatic carbocycles. The van der Waals surface area contributed by atoms with E-state index in [0.29, 0.717) is 35.5 Å². The van der Waals surface area contributed by atoms with Gasteiger partial charge in [0.2, 0.25) is 0 Å². The number of aryl methyl sites for hydroxylation is 1. The zero-order valence-electron chi connectivity index (χ0n) is 13.5. The number of piperidine rings is 1. The number of thiophene rings is 1. The molecule has 0 unspecified atom stereocenters. The van der Waals surface area contributed by atoms with Crippen LogP contribution in [0.2, 0.25) is 0 Å². The van der Waals surface area contributed by atoms with E-state index < -0.39 is 0 Å². The first-order valence-corrected chi connectivity index (χ1v) is 9.33. The molecule has 6 nitrogen and oxygen atoms in total. The van der Waals surface area contributed by atoms with Gasteiger partial charge in [0, 0.05) is 37.4 Å². The zero-order chi connectivity index (χ0) is 16.4. The van der Waals surface area contributed by atoms with Gasteiger partial charge in [-0.15, -0.1) is 11.3 Å². The first-order chi connectivity index (χ1) is 11.8. The number of carbonyl (C=O) groups is 1. The van der Waals surface area contributed by atoms with E-state index in [0.717, 1.165) is 38.9 Å². The third kappa shape index (κ3) is 3.13. The van der Waals surface area contributed by atoms with Crippen molar-refractivity contribution in [3.63, 3.8) is 0 Å². The molecule has 0 spiro atoms. The number of hydrogen-bond donors (Lipinski definition) is 0. The third-order valence-electron chi connectivity index (χ3n) is 4.72. The van der Waals surface area contributed by atoms with E-state index in [-0.39, 0.29) is 5.91 Å². The molecule has 4 rings (SSSR count). The third-order valence-corrected chi connectivity index (χ3v) is 5.65. The number of hydrogen-bond acceptors (Lipinski definition) is 5. The molecule has 4 heterocycles. The Hall–Kier alpha value is -2.02. The van der Waals surface area contributed by atoms with Crippen LogP contribution in [0.3, 0.4) is 0 Å². The maximum Gasteiger partial charge on any atom is 0.267 e. The molecule has 24 heavy (non-hydrogen) atoms. The number of ether oxygens (including phenoxy) is 2. The number of fused-ring (bicyclic) bond motifs is 1. The molecule has 2 aromatic rings. The normalized spacial score (nSPS) is 17.9. The Balaban J connectivity index is 1.32. The first kappa shape index (κ1) is 15.5. The van der Waals surface area contributed by atoms with Crippen molar-refractivity contribution in [3.05, 3.63) is 28.7 Å². The van der Waals surface area contributed by atoms with Gasteiger partial charge in [-0.25, -0.2) is 0 Å². The lowest BCUT2D eigenvalue weighted by Crippen LogP contribution is -2.38. The van der Waals surface area contributed by atoms with Crippen LogP contribution in [-0.4, -0.2) is 46.9 Å². The van der Waals surface area contributed by atoms with E-state index in [1.807, 2.05) is 33.4 Å². The summed E-state index contributed by atoms with van der Waals surface area (Å²) in [4.78, 5) is 15.4. The molecular formula is C17H21N3O3S. The molecule has 128 valence electrons. The van der Waals surface area contributed by atoms with Crippen LogP contribution in [0.25, 0.3) is 0 Å². The smallest absolute Gasteiger partial charge is 0.267 e. The highest BCUT2D eigenvalue weighted by Gasteiger charge is 2.29. The fourth-order valence-corrected chi connectivity index (χ4v) is 4.22. The molecule has 0 saturated carbocycles. The van der Waals surface area contributed by atoms with E-state index in [9.17, 15) is 4.79 Å². The fraction of sp³-hybridized carbons (Fsp3) is 0.529. The van der Waals surface area contributed by atoms with Gasteiger partial charge in [0.15, 0.2) is 11.5 Å². The lowest BCUT2D eigenvalue weighted by molar-refractivity contribution is 0.0681. The second kappa shape index (κ2) is 6.84. The summed E-state index contributed by atoms with van der Waals surface area (Å²) in [5.74, 6) is 2.09. The number of amides is 1. The average Bonchev–Trinajstić information content (AvgIpc) is 3.29. The average molecular weight is 347 g/mol. The van der Waals surface area contributed by atoms with Crippen molar-refractivity contribution < 1.29 is 14.3 Å². The van der Waals surface area contributed by atoms with Crippen LogP contribution < -0.4 is 9.47 Å². The van der Waals surface area contributed by atoms with Crippen molar-refractivity contribution in [3.8, 4) is 11.5 Å². The number of rotatable bonds is 4. The number of aromatic nitrogens is 2. The van der Waals surface area contributed by atoms with Crippen LogP contribution in [-0.2, 0) is 6.54 Å². The van der Waals surface area contributed by atoms with Crippen LogP contribution in [0.5, 0.6) is 11.5 Å². The summed E-state index contributed by atoms with van der Waals surface area (Å²) >= 11 is 1.42. The van der Waals surface area contributed by atoms with Crippen molar-refractivity contribution in [1.82, 2.24) is 14.7 Å². The highest BCUT2D eigenvalue weighted by atomic mass is 32.1. The Morgan fingerprint density at radius 1 is 1.29 bits per heavy atom. The summed E-state index contributed by atoms with van der Waals surface area (Å²) in [5, 5.41) is 6.12. The van der Waals surface area contributed by atoms with Crippen molar-refractivity contribution in [2.24, 2.45) is 5.92 Å². The molecule has 0 aromatic carbocycles. The zero-order valence-corrected chi connectivity index (χ0v) is 14.3. The predicted molar refractivity (Wildman–Crippen MR) is 90.8 cm³/mol. The molecule has 0 atom stereocenters. The van der Waals surface area contributed by atoms with Crippen LogP contribution in [0.15, 0.2) is 23.8 Å². The van der Waals surface area contributed by atoms with Crippen LogP contribution >= 0.6 is 11.3 Å². The Bertz CT molecular complexity index is 690. The van der Waals surface area contributed by atoms with Gasteiger partial charge in [0.05, 0.1) is 0 Å². The molecular weight excluding hydrogens is 326 g/mol. The number of likely N-dealkylation sites (tertiary alicyclic amines) is 1. The molecule has 0 bridgehead atoms. The molecule has 2 aliphatic rings. The number of carbonyl (C=O) groups excluding carboxylic acids is 1. The van der Waals surface area contributed by atoms with Gasteiger partial charge in [-0.3, -0.25) is 9.48 Å². The molecule has 0 radical (unpaired) electrons. The van der Waals surface area contributed by atoms with Gasteiger partial charge < -0.3 is 14.4 Å². The van der Waals surface area contributed by atoms with Gasteiger partial charge in [-0.1, -0.05) is 0 Å². The van der Waals surface area contributed by atoms with E-state index >= 15 is 0 Å². The monoisotopic (exact) mass is 347 g/mol. The van der Waals surface area contributed by atoms with E-state index in [4.69, 9.17) is 9.47 Å². The summed E-state index contributed by atoms with van der Waals surface area (Å²) in [6.45, 7) is 3.65. The maximum atomic E-state index is 12.8. The Kier molecular flexibility index (Phi) is 4.42. The van der Waals surface area contributed by atoms with Crippen molar-refractivity contribution >= 4 is 17.2 Å². The maximum absolute atomic E-state index is 12.8.